The minimum absolute atomic E-state index is 0.0989. The Morgan fingerprint density at radius 2 is 1.81 bits per heavy atom. The number of piperidine rings is 1. The Kier molecular flexibility index (Phi) is 7.56. The Morgan fingerprint density at radius 1 is 1.16 bits per heavy atom. The highest BCUT2D eigenvalue weighted by atomic mass is 32.2. The zero-order chi connectivity index (χ0) is 22.6. The summed E-state index contributed by atoms with van der Waals surface area (Å²) in [6, 6.07) is 8.38. The maximum Gasteiger partial charge on any atom is 0.240 e. The average Bonchev–Trinajstić information content (AvgIpc) is 3.04. The Labute approximate surface area is 185 Å². The van der Waals surface area contributed by atoms with Gasteiger partial charge in [0.2, 0.25) is 15.9 Å². The monoisotopic (exact) mass is 447 g/mol. The van der Waals surface area contributed by atoms with Gasteiger partial charge >= 0.3 is 0 Å². The minimum Gasteiger partial charge on any atom is -0.466 e. The first-order valence-electron chi connectivity index (χ1n) is 10.8. The van der Waals surface area contributed by atoms with Crippen molar-refractivity contribution in [3.8, 4) is 0 Å². The van der Waals surface area contributed by atoms with Gasteiger partial charge in [-0.15, -0.1) is 0 Å². The number of sulfonamides is 1. The van der Waals surface area contributed by atoms with Crippen LogP contribution in [-0.2, 0) is 21.4 Å². The van der Waals surface area contributed by atoms with E-state index in [2.05, 4.69) is 21.0 Å². The van der Waals surface area contributed by atoms with E-state index in [4.69, 9.17) is 4.42 Å². The van der Waals surface area contributed by atoms with Crippen LogP contribution in [0.2, 0.25) is 0 Å². The lowest BCUT2D eigenvalue weighted by Gasteiger charge is -2.31. The highest BCUT2D eigenvalue weighted by Crippen LogP contribution is 2.22. The lowest BCUT2D eigenvalue weighted by molar-refractivity contribution is -0.118. The lowest BCUT2D eigenvalue weighted by atomic mass is 9.97. The normalized spacial score (nSPS) is 16.0. The van der Waals surface area contributed by atoms with Crippen LogP contribution >= 0.6 is 0 Å². The third-order valence-electron chi connectivity index (χ3n) is 5.76. The third kappa shape index (κ3) is 6.41. The number of rotatable bonds is 8. The Bertz CT molecular complexity index is 988. The van der Waals surface area contributed by atoms with Gasteiger partial charge in [-0.05, 0) is 76.0 Å². The van der Waals surface area contributed by atoms with Crippen LogP contribution in [-0.4, -0.2) is 38.9 Å². The minimum atomic E-state index is -3.57. The van der Waals surface area contributed by atoms with Gasteiger partial charge < -0.3 is 9.73 Å². The van der Waals surface area contributed by atoms with Crippen molar-refractivity contribution < 1.29 is 17.6 Å². The molecule has 2 heterocycles. The number of aryl methyl sites for hydroxylation is 2. The number of hydrogen-bond donors (Lipinski definition) is 2. The highest BCUT2D eigenvalue weighted by Gasteiger charge is 2.23. The number of benzene rings is 1. The second-order valence-electron chi connectivity index (χ2n) is 8.68. The maximum absolute atomic E-state index is 12.6. The zero-order valence-corrected chi connectivity index (χ0v) is 19.6. The maximum atomic E-state index is 12.6. The zero-order valence-electron chi connectivity index (χ0n) is 18.8. The fourth-order valence-electron chi connectivity index (χ4n) is 3.74. The van der Waals surface area contributed by atoms with Crippen molar-refractivity contribution in [2.45, 2.75) is 52.0 Å². The molecule has 0 radical (unpaired) electrons. The number of anilines is 1. The van der Waals surface area contributed by atoms with Crippen LogP contribution in [0.1, 0.15) is 43.8 Å². The molecule has 1 aromatic heterocycles. The summed E-state index contributed by atoms with van der Waals surface area (Å²) in [6.45, 7) is 10.8. The molecule has 31 heavy (non-hydrogen) atoms. The molecule has 8 heteroatoms. The third-order valence-corrected chi connectivity index (χ3v) is 7.20. The molecule has 0 atom stereocenters. The lowest BCUT2D eigenvalue weighted by Crippen LogP contribution is -2.38. The van der Waals surface area contributed by atoms with Crippen LogP contribution in [0.4, 0.5) is 5.69 Å². The molecule has 2 N–H and O–H groups in total. The Morgan fingerprint density at radius 3 is 2.35 bits per heavy atom. The van der Waals surface area contributed by atoms with Gasteiger partial charge in [-0.2, -0.15) is 0 Å². The topological polar surface area (TPSA) is 91.7 Å². The number of furan rings is 1. The van der Waals surface area contributed by atoms with Gasteiger partial charge in [0, 0.05) is 30.3 Å². The highest BCUT2D eigenvalue weighted by molar-refractivity contribution is 7.89. The predicted octanol–water partition coefficient (Wildman–Crippen LogP) is 3.68. The molecule has 1 aliphatic rings. The quantitative estimate of drug-likeness (QED) is 0.644. The van der Waals surface area contributed by atoms with Crippen LogP contribution in [0.15, 0.2) is 39.6 Å². The number of amides is 1. The molecule has 0 saturated carbocycles. The van der Waals surface area contributed by atoms with Gasteiger partial charge in [0.15, 0.2) is 0 Å². The second kappa shape index (κ2) is 9.97. The molecular formula is C23H33N3O4S. The van der Waals surface area contributed by atoms with Gasteiger partial charge in [0.05, 0.1) is 4.90 Å². The summed E-state index contributed by atoms with van der Waals surface area (Å²) in [5.74, 6) is 2.00. The van der Waals surface area contributed by atoms with Gasteiger partial charge in [0.25, 0.3) is 0 Å². The van der Waals surface area contributed by atoms with Gasteiger partial charge in [-0.1, -0.05) is 13.8 Å². The standard InChI is InChI=1S/C23H33N3O4S/c1-16(2)23(27)25-21-5-7-22(8-6-21)31(28,29)24-14-19-9-11-26(12-10-19)15-20-13-17(3)30-18(20)4/h5-8,13,16,19,24H,9-12,14-15H2,1-4H3,(H,25,27). The Hall–Kier alpha value is -2.16. The molecule has 2 aromatic rings. The largest absolute Gasteiger partial charge is 0.466 e. The fourth-order valence-corrected chi connectivity index (χ4v) is 4.86. The second-order valence-corrected chi connectivity index (χ2v) is 10.4. The summed E-state index contributed by atoms with van der Waals surface area (Å²) in [5, 5.41) is 2.77. The number of likely N-dealkylation sites (tertiary alicyclic amines) is 1. The van der Waals surface area contributed by atoms with E-state index in [0.717, 1.165) is 44.0 Å². The first-order chi connectivity index (χ1) is 14.6. The van der Waals surface area contributed by atoms with E-state index in [1.165, 1.54) is 17.7 Å². The van der Waals surface area contributed by atoms with E-state index in [0.29, 0.717) is 18.2 Å². The fraction of sp³-hybridized carbons (Fsp3) is 0.522. The predicted molar refractivity (Wildman–Crippen MR) is 121 cm³/mol. The van der Waals surface area contributed by atoms with Crippen molar-refractivity contribution in [2.75, 3.05) is 25.0 Å². The summed E-state index contributed by atoms with van der Waals surface area (Å²) in [5.41, 5.74) is 1.82. The SMILES string of the molecule is Cc1cc(CN2CCC(CNS(=O)(=O)c3ccc(NC(=O)C(C)C)cc3)CC2)c(C)o1. The molecule has 0 bridgehead atoms. The van der Waals surface area contributed by atoms with E-state index in [1.807, 2.05) is 27.7 Å². The molecule has 1 fully saturated rings. The molecule has 0 aliphatic carbocycles. The summed E-state index contributed by atoms with van der Waals surface area (Å²) >= 11 is 0. The van der Waals surface area contributed by atoms with Crippen LogP contribution < -0.4 is 10.0 Å². The van der Waals surface area contributed by atoms with Crippen LogP contribution in [0.5, 0.6) is 0 Å². The molecule has 0 unspecified atom stereocenters. The van der Waals surface area contributed by atoms with E-state index >= 15 is 0 Å². The van der Waals surface area contributed by atoms with Crippen molar-refractivity contribution in [3.63, 3.8) is 0 Å². The summed E-state index contributed by atoms with van der Waals surface area (Å²) in [4.78, 5) is 14.4. The molecule has 1 aliphatic heterocycles. The number of nitrogens with zero attached hydrogens (tertiary/aromatic N) is 1. The summed E-state index contributed by atoms with van der Waals surface area (Å²) < 4.78 is 33.6. The molecule has 1 aromatic carbocycles. The number of carbonyl (C=O) groups is 1. The number of nitrogens with one attached hydrogen (secondary N) is 2. The van der Waals surface area contributed by atoms with Crippen molar-refractivity contribution >= 4 is 21.6 Å². The molecule has 1 amide bonds. The molecule has 1 saturated heterocycles. The molecule has 170 valence electrons. The summed E-state index contributed by atoms with van der Waals surface area (Å²) in [7, 11) is -3.57. The number of carbonyl (C=O) groups excluding carboxylic acids is 1. The first-order valence-corrected chi connectivity index (χ1v) is 12.3. The van der Waals surface area contributed by atoms with Crippen molar-refractivity contribution in [1.82, 2.24) is 9.62 Å². The van der Waals surface area contributed by atoms with Crippen LogP contribution in [0.3, 0.4) is 0 Å². The van der Waals surface area contributed by atoms with Crippen LogP contribution in [0, 0.1) is 25.7 Å². The van der Waals surface area contributed by atoms with Crippen molar-refractivity contribution in [3.05, 3.63) is 47.4 Å². The molecule has 3 rings (SSSR count). The molecule has 0 spiro atoms. The average molecular weight is 448 g/mol. The van der Waals surface area contributed by atoms with Crippen molar-refractivity contribution in [2.24, 2.45) is 11.8 Å². The van der Waals surface area contributed by atoms with Gasteiger partial charge in [0.1, 0.15) is 11.5 Å². The van der Waals surface area contributed by atoms with Crippen LogP contribution in [0.25, 0.3) is 0 Å². The van der Waals surface area contributed by atoms with E-state index in [1.54, 1.807) is 12.1 Å². The van der Waals surface area contributed by atoms with E-state index < -0.39 is 10.0 Å². The van der Waals surface area contributed by atoms with Crippen molar-refractivity contribution in [1.29, 1.82) is 0 Å². The van der Waals surface area contributed by atoms with E-state index in [9.17, 15) is 13.2 Å². The Balaban J connectivity index is 1.47. The van der Waals surface area contributed by atoms with E-state index in [-0.39, 0.29) is 16.7 Å². The summed E-state index contributed by atoms with van der Waals surface area (Å²) in [6.07, 6.45) is 1.91. The number of hydrogen-bond acceptors (Lipinski definition) is 5. The van der Waals surface area contributed by atoms with Gasteiger partial charge in [-0.25, -0.2) is 13.1 Å². The molecule has 7 nitrogen and oxygen atoms in total. The first kappa shape index (κ1) is 23.5. The smallest absolute Gasteiger partial charge is 0.240 e. The molecular weight excluding hydrogens is 414 g/mol. The van der Waals surface area contributed by atoms with Gasteiger partial charge in [-0.3, -0.25) is 9.69 Å².